The van der Waals surface area contributed by atoms with E-state index in [1.165, 1.54) is 180 Å². The summed E-state index contributed by atoms with van der Waals surface area (Å²) in [5, 5.41) is 10.6. The van der Waals surface area contributed by atoms with Crippen molar-refractivity contribution in [3.8, 4) is 0 Å². The molecule has 0 fully saturated rings. The molecular formula is C73H142O17P2. The maximum absolute atomic E-state index is 13.1. The van der Waals surface area contributed by atoms with E-state index >= 15 is 0 Å². The molecule has 92 heavy (non-hydrogen) atoms. The highest BCUT2D eigenvalue weighted by atomic mass is 31.2. The molecule has 0 amide bonds. The molecule has 2 unspecified atom stereocenters. The summed E-state index contributed by atoms with van der Waals surface area (Å²) in [6.07, 6.45) is 48.5. The van der Waals surface area contributed by atoms with Crippen LogP contribution in [0.25, 0.3) is 0 Å². The second kappa shape index (κ2) is 63.8. The summed E-state index contributed by atoms with van der Waals surface area (Å²) in [5.41, 5.74) is 0. The first-order valence-corrected chi connectivity index (χ1v) is 40.8. The minimum Gasteiger partial charge on any atom is -0.462 e. The number of carbonyl (C=O) groups is 4. The predicted molar refractivity (Wildman–Crippen MR) is 372 cm³/mol. The Morgan fingerprint density at radius 2 is 0.500 bits per heavy atom. The van der Waals surface area contributed by atoms with Gasteiger partial charge in [0.2, 0.25) is 0 Å². The molecule has 0 aromatic rings. The number of rotatable bonds is 71. The molecule has 546 valence electrons. The SMILES string of the molecule is CCCCCCCCCCCCCCCCCC(=O)O[C@H](COC(=O)CCCCCCCCCCCCC(C)C)COP(=O)(O)OC[C@@H](O)COP(=O)(O)OC[C@@H](COC(=O)CCCCCCCCCCC(C)C)OC(=O)CCCCCCCCCCCCC(C)C. The van der Waals surface area contributed by atoms with Crippen molar-refractivity contribution >= 4 is 39.5 Å². The number of unbranched alkanes of at least 4 members (excludes halogenated alkanes) is 39. The molecule has 0 saturated heterocycles. The van der Waals surface area contributed by atoms with Gasteiger partial charge in [-0.2, -0.15) is 0 Å². The second-order valence-electron chi connectivity index (χ2n) is 27.8. The minimum atomic E-state index is -4.95. The Hall–Kier alpha value is -1.94. The molecule has 0 bridgehead atoms. The Kier molecular flexibility index (Phi) is 62.4. The summed E-state index contributed by atoms with van der Waals surface area (Å²) in [4.78, 5) is 72.7. The molecule has 5 atom stereocenters. The fourth-order valence-electron chi connectivity index (χ4n) is 11.1. The lowest BCUT2D eigenvalue weighted by molar-refractivity contribution is -0.161. The monoisotopic (exact) mass is 1350 g/mol. The number of aliphatic hydroxyl groups excluding tert-OH is 1. The molecule has 3 N–H and O–H groups in total. The van der Waals surface area contributed by atoms with Crippen molar-refractivity contribution in [2.24, 2.45) is 17.8 Å². The van der Waals surface area contributed by atoms with Crippen molar-refractivity contribution in [1.29, 1.82) is 0 Å². The largest absolute Gasteiger partial charge is 0.472 e. The van der Waals surface area contributed by atoms with Gasteiger partial charge in [-0.15, -0.1) is 0 Å². The zero-order valence-electron chi connectivity index (χ0n) is 60.0. The van der Waals surface area contributed by atoms with E-state index in [1.807, 2.05) is 0 Å². The van der Waals surface area contributed by atoms with Crippen molar-refractivity contribution in [3.05, 3.63) is 0 Å². The van der Waals surface area contributed by atoms with Gasteiger partial charge in [-0.05, 0) is 43.4 Å². The number of ether oxygens (including phenoxy) is 4. The normalized spacial score (nSPS) is 14.1. The fraction of sp³-hybridized carbons (Fsp3) is 0.945. The molecule has 0 heterocycles. The van der Waals surface area contributed by atoms with Crippen molar-refractivity contribution < 1.29 is 80.2 Å². The zero-order chi connectivity index (χ0) is 68.0. The Balaban J connectivity index is 5.27. The molecule has 17 nitrogen and oxygen atoms in total. The molecule has 0 aliphatic rings. The highest BCUT2D eigenvalue weighted by molar-refractivity contribution is 7.47. The highest BCUT2D eigenvalue weighted by Crippen LogP contribution is 2.45. The first-order chi connectivity index (χ1) is 44.2. The van der Waals surface area contributed by atoms with Crippen molar-refractivity contribution in [1.82, 2.24) is 0 Å². The summed E-state index contributed by atoms with van der Waals surface area (Å²) in [6.45, 7) is 11.8. The van der Waals surface area contributed by atoms with Crippen LogP contribution in [0, 0.1) is 17.8 Å². The van der Waals surface area contributed by atoms with E-state index in [0.717, 1.165) is 108 Å². The van der Waals surface area contributed by atoms with Gasteiger partial charge in [-0.1, -0.05) is 318 Å². The van der Waals surface area contributed by atoms with Gasteiger partial charge < -0.3 is 33.8 Å². The van der Waals surface area contributed by atoms with Crippen LogP contribution < -0.4 is 0 Å². The first-order valence-electron chi connectivity index (χ1n) is 37.8. The summed E-state index contributed by atoms with van der Waals surface area (Å²) in [7, 11) is -9.91. The van der Waals surface area contributed by atoms with Crippen LogP contribution in [0.5, 0.6) is 0 Å². The van der Waals surface area contributed by atoms with Gasteiger partial charge in [0.15, 0.2) is 12.2 Å². The predicted octanol–water partition coefficient (Wildman–Crippen LogP) is 21.0. The number of phosphoric acid groups is 2. The Morgan fingerprint density at radius 1 is 0.293 bits per heavy atom. The van der Waals surface area contributed by atoms with Crippen LogP contribution >= 0.6 is 15.6 Å². The van der Waals surface area contributed by atoms with Gasteiger partial charge in [0.25, 0.3) is 0 Å². The van der Waals surface area contributed by atoms with E-state index in [1.54, 1.807) is 0 Å². The second-order valence-corrected chi connectivity index (χ2v) is 30.7. The van der Waals surface area contributed by atoms with Gasteiger partial charge in [0.1, 0.15) is 19.3 Å². The van der Waals surface area contributed by atoms with Crippen LogP contribution in [0.4, 0.5) is 0 Å². The molecule has 0 rings (SSSR count). The summed E-state index contributed by atoms with van der Waals surface area (Å²) in [6, 6.07) is 0. The van der Waals surface area contributed by atoms with Crippen molar-refractivity contribution in [2.45, 2.75) is 388 Å². The zero-order valence-corrected chi connectivity index (χ0v) is 61.8. The van der Waals surface area contributed by atoms with Crippen LogP contribution in [0.1, 0.15) is 370 Å². The van der Waals surface area contributed by atoms with E-state index in [-0.39, 0.29) is 25.7 Å². The van der Waals surface area contributed by atoms with Gasteiger partial charge in [-0.3, -0.25) is 37.3 Å². The molecule has 19 heteroatoms. The molecule has 0 radical (unpaired) electrons. The molecule has 0 aliphatic carbocycles. The number of carbonyl (C=O) groups excluding carboxylic acids is 4. The van der Waals surface area contributed by atoms with Crippen molar-refractivity contribution in [3.63, 3.8) is 0 Å². The maximum atomic E-state index is 13.1. The van der Waals surface area contributed by atoms with Gasteiger partial charge in [0.05, 0.1) is 26.4 Å². The third kappa shape index (κ3) is 66.7. The van der Waals surface area contributed by atoms with Gasteiger partial charge in [-0.25, -0.2) is 9.13 Å². The lowest BCUT2D eigenvalue weighted by Gasteiger charge is -2.21. The number of hydrogen-bond acceptors (Lipinski definition) is 15. The van der Waals surface area contributed by atoms with E-state index in [0.29, 0.717) is 25.7 Å². The maximum Gasteiger partial charge on any atom is 0.472 e. The molecule has 0 saturated carbocycles. The van der Waals surface area contributed by atoms with Gasteiger partial charge >= 0.3 is 39.5 Å². The Bertz CT molecular complexity index is 1800. The van der Waals surface area contributed by atoms with Gasteiger partial charge in [0, 0.05) is 25.7 Å². The Morgan fingerprint density at radius 3 is 0.739 bits per heavy atom. The number of aliphatic hydroxyl groups is 1. The average Bonchev–Trinajstić information content (AvgIpc) is 1.79. The number of esters is 4. The highest BCUT2D eigenvalue weighted by Gasteiger charge is 2.30. The quantitative estimate of drug-likeness (QED) is 0.0222. The third-order valence-electron chi connectivity index (χ3n) is 16.9. The summed E-state index contributed by atoms with van der Waals surface area (Å²) < 4.78 is 68.4. The van der Waals surface area contributed by atoms with Crippen molar-refractivity contribution in [2.75, 3.05) is 39.6 Å². The van der Waals surface area contributed by atoms with Crippen LogP contribution in [-0.2, 0) is 65.4 Å². The molecular weight excluding hydrogens is 1210 g/mol. The minimum absolute atomic E-state index is 0.105. The number of hydrogen-bond donors (Lipinski definition) is 3. The lowest BCUT2D eigenvalue weighted by atomic mass is 10.0. The molecule has 0 aliphatic heterocycles. The van der Waals surface area contributed by atoms with E-state index < -0.39 is 97.5 Å². The number of phosphoric ester groups is 2. The van der Waals surface area contributed by atoms with Crippen LogP contribution in [0.15, 0.2) is 0 Å². The summed E-state index contributed by atoms with van der Waals surface area (Å²) in [5.74, 6) is 0.116. The van der Waals surface area contributed by atoms with E-state index in [9.17, 15) is 43.2 Å². The fourth-order valence-corrected chi connectivity index (χ4v) is 12.7. The Labute approximate surface area is 562 Å². The molecule has 0 aromatic heterocycles. The first kappa shape index (κ1) is 90.1. The third-order valence-corrected chi connectivity index (χ3v) is 18.8. The van der Waals surface area contributed by atoms with Crippen LogP contribution in [0.3, 0.4) is 0 Å². The van der Waals surface area contributed by atoms with E-state index in [4.69, 9.17) is 37.0 Å². The van der Waals surface area contributed by atoms with Crippen LogP contribution in [0.2, 0.25) is 0 Å². The molecule has 0 spiro atoms. The summed E-state index contributed by atoms with van der Waals surface area (Å²) >= 11 is 0. The smallest absolute Gasteiger partial charge is 0.462 e. The average molecular weight is 1350 g/mol. The standard InChI is InChI=1S/C73H142O17P2/c1-8-9-10-11-12-13-14-15-16-17-18-26-35-42-49-56-72(77)89-68(60-83-70(75)54-47-40-33-25-21-19-23-30-37-44-51-64(2)3)62-87-91(79,80)85-58-67(74)59-86-92(81,82)88-63-69(61-84-71(76)55-48-41-34-29-28-32-39-46-53-66(6)7)90-73(78)57-50-43-36-27-22-20-24-31-38-45-52-65(4)5/h64-69,74H,8-63H2,1-7H3,(H,79,80)(H,81,82)/t67-,68-,69-/m1/s1. The van der Waals surface area contributed by atoms with Crippen LogP contribution in [-0.4, -0.2) is 96.7 Å². The lowest BCUT2D eigenvalue weighted by Crippen LogP contribution is -2.30. The van der Waals surface area contributed by atoms with E-state index in [2.05, 4.69) is 48.5 Å². The molecule has 0 aromatic carbocycles. The topological polar surface area (TPSA) is 237 Å².